The molecule has 0 aliphatic heterocycles. The number of benzene rings is 1. The van der Waals surface area contributed by atoms with Gasteiger partial charge >= 0.3 is 0 Å². The summed E-state index contributed by atoms with van der Waals surface area (Å²) in [4.78, 5) is 0. The summed E-state index contributed by atoms with van der Waals surface area (Å²) in [6.07, 6.45) is 1.01. The van der Waals surface area contributed by atoms with Gasteiger partial charge in [0.25, 0.3) is 0 Å². The van der Waals surface area contributed by atoms with Crippen molar-refractivity contribution in [2.75, 3.05) is 20.2 Å². The van der Waals surface area contributed by atoms with E-state index in [0.717, 1.165) is 18.7 Å². The molecule has 3 N–H and O–H groups in total. The SMILES string of the molecule is COc1cc(C)c(CCNC(C)(C)CN)cc1C. The molecule has 0 saturated heterocycles. The zero-order valence-corrected chi connectivity index (χ0v) is 12.3. The number of ether oxygens (including phenoxy) is 1. The molecule has 0 aromatic heterocycles. The fourth-order valence-electron chi connectivity index (χ4n) is 1.95. The Hall–Kier alpha value is -1.06. The van der Waals surface area contributed by atoms with E-state index >= 15 is 0 Å². The lowest BCUT2D eigenvalue weighted by atomic mass is 10.0. The minimum atomic E-state index is 0.00935. The van der Waals surface area contributed by atoms with Gasteiger partial charge in [-0.15, -0.1) is 0 Å². The largest absolute Gasteiger partial charge is 0.496 e. The minimum Gasteiger partial charge on any atom is -0.496 e. The van der Waals surface area contributed by atoms with Crippen LogP contribution in [0.1, 0.15) is 30.5 Å². The highest BCUT2D eigenvalue weighted by Gasteiger charge is 2.13. The van der Waals surface area contributed by atoms with Crippen LogP contribution in [0, 0.1) is 13.8 Å². The molecule has 1 aromatic rings. The average Bonchev–Trinajstić information content (AvgIpc) is 2.33. The predicted molar refractivity (Wildman–Crippen MR) is 77.3 cm³/mol. The van der Waals surface area contributed by atoms with E-state index in [-0.39, 0.29) is 5.54 Å². The molecule has 0 unspecified atom stereocenters. The summed E-state index contributed by atoms with van der Waals surface area (Å²) in [5.74, 6) is 0.964. The fraction of sp³-hybridized carbons (Fsp3) is 0.600. The van der Waals surface area contributed by atoms with Gasteiger partial charge in [0.15, 0.2) is 0 Å². The summed E-state index contributed by atoms with van der Waals surface area (Å²) >= 11 is 0. The Balaban J connectivity index is 2.66. The highest BCUT2D eigenvalue weighted by Crippen LogP contribution is 2.22. The highest BCUT2D eigenvalue weighted by atomic mass is 16.5. The van der Waals surface area contributed by atoms with Gasteiger partial charge in [0, 0.05) is 12.1 Å². The zero-order chi connectivity index (χ0) is 13.8. The first kappa shape index (κ1) is 15.0. The molecule has 102 valence electrons. The molecule has 0 amide bonds. The van der Waals surface area contributed by atoms with E-state index in [1.165, 1.54) is 16.7 Å². The van der Waals surface area contributed by atoms with E-state index in [0.29, 0.717) is 6.54 Å². The van der Waals surface area contributed by atoms with E-state index in [1.807, 2.05) is 0 Å². The normalized spacial score (nSPS) is 11.7. The van der Waals surface area contributed by atoms with Gasteiger partial charge in [0.2, 0.25) is 0 Å². The van der Waals surface area contributed by atoms with Crippen LogP contribution in [-0.2, 0) is 6.42 Å². The molecule has 0 atom stereocenters. The first-order valence-corrected chi connectivity index (χ1v) is 6.49. The lowest BCUT2D eigenvalue weighted by Crippen LogP contribution is -2.46. The lowest BCUT2D eigenvalue weighted by Gasteiger charge is -2.24. The van der Waals surface area contributed by atoms with Crippen LogP contribution in [0.3, 0.4) is 0 Å². The maximum absolute atomic E-state index is 5.70. The first-order chi connectivity index (χ1) is 8.39. The van der Waals surface area contributed by atoms with Gasteiger partial charge in [0.1, 0.15) is 5.75 Å². The van der Waals surface area contributed by atoms with Crippen molar-refractivity contribution in [2.45, 2.75) is 39.7 Å². The molecule has 3 heteroatoms. The number of hydrogen-bond acceptors (Lipinski definition) is 3. The molecule has 3 nitrogen and oxygen atoms in total. The molecule has 18 heavy (non-hydrogen) atoms. The number of methoxy groups -OCH3 is 1. The molecule has 0 aliphatic rings. The van der Waals surface area contributed by atoms with Gasteiger partial charge in [-0.25, -0.2) is 0 Å². The maximum Gasteiger partial charge on any atom is 0.122 e. The quantitative estimate of drug-likeness (QED) is 0.813. The Morgan fingerprint density at radius 3 is 2.44 bits per heavy atom. The Kier molecular flexibility index (Phi) is 5.17. The second kappa shape index (κ2) is 6.21. The van der Waals surface area contributed by atoms with Crippen LogP contribution in [-0.4, -0.2) is 25.7 Å². The molecular formula is C15H26N2O. The van der Waals surface area contributed by atoms with E-state index in [4.69, 9.17) is 10.5 Å². The van der Waals surface area contributed by atoms with Crippen molar-refractivity contribution in [3.8, 4) is 5.75 Å². The number of hydrogen-bond donors (Lipinski definition) is 2. The van der Waals surface area contributed by atoms with Crippen LogP contribution in [0.2, 0.25) is 0 Å². The number of aryl methyl sites for hydroxylation is 2. The Bertz CT molecular complexity index is 400. The van der Waals surface area contributed by atoms with Crippen molar-refractivity contribution in [3.63, 3.8) is 0 Å². The first-order valence-electron chi connectivity index (χ1n) is 6.49. The van der Waals surface area contributed by atoms with Crippen LogP contribution in [0.5, 0.6) is 5.75 Å². The maximum atomic E-state index is 5.70. The monoisotopic (exact) mass is 250 g/mol. The fourth-order valence-corrected chi connectivity index (χ4v) is 1.95. The van der Waals surface area contributed by atoms with Crippen LogP contribution in [0.4, 0.5) is 0 Å². The number of nitrogens with two attached hydrogens (primary N) is 1. The molecule has 1 rings (SSSR count). The van der Waals surface area contributed by atoms with Crippen molar-refractivity contribution < 1.29 is 4.74 Å². The molecule has 0 heterocycles. The molecule has 0 aliphatic carbocycles. The van der Waals surface area contributed by atoms with Gasteiger partial charge in [-0.05, 0) is 63.4 Å². The molecule has 0 fully saturated rings. The van der Waals surface area contributed by atoms with E-state index < -0.39 is 0 Å². The topological polar surface area (TPSA) is 47.3 Å². The molecular weight excluding hydrogens is 224 g/mol. The van der Waals surface area contributed by atoms with Crippen molar-refractivity contribution >= 4 is 0 Å². The summed E-state index contributed by atoms with van der Waals surface area (Å²) in [6, 6.07) is 4.32. The third-order valence-electron chi connectivity index (χ3n) is 3.36. The highest BCUT2D eigenvalue weighted by molar-refractivity contribution is 5.41. The average molecular weight is 250 g/mol. The van der Waals surface area contributed by atoms with Crippen molar-refractivity contribution in [1.82, 2.24) is 5.32 Å². The second-order valence-corrected chi connectivity index (χ2v) is 5.51. The van der Waals surface area contributed by atoms with Gasteiger partial charge in [-0.1, -0.05) is 6.07 Å². The van der Waals surface area contributed by atoms with Gasteiger partial charge in [0.05, 0.1) is 7.11 Å². The smallest absolute Gasteiger partial charge is 0.122 e. The van der Waals surface area contributed by atoms with Gasteiger partial charge in [-0.2, -0.15) is 0 Å². The molecule has 0 radical (unpaired) electrons. The lowest BCUT2D eigenvalue weighted by molar-refractivity contribution is 0.401. The zero-order valence-electron chi connectivity index (χ0n) is 12.3. The van der Waals surface area contributed by atoms with Crippen LogP contribution >= 0.6 is 0 Å². The van der Waals surface area contributed by atoms with Crippen LogP contribution < -0.4 is 15.8 Å². The Morgan fingerprint density at radius 1 is 1.22 bits per heavy atom. The molecule has 1 aromatic carbocycles. The third kappa shape index (κ3) is 4.00. The van der Waals surface area contributed by atoms with E-state index in [1.54, 1.807) is 7.11 Å². The molecule has 0 bridgehead atoms. The van der Waals surface area contributed by atoms with E-state index in [9.17, 15) is 0 Å². The van der Waals surface area contributed by atoms with Crippen LogP contribution in [0.15, 0.2) is 12.1 Å². The number of rotatable bonds is 6. The van der Waals surface area contributed by atoms with Gasteiger partial charge < -0.3 is 15.8 Å². The summed E-state index contributed by atoms with van der Waals surface area (Å²) in [5.41, 5.74) is 9.55. The standard InChI is InChI=1S/C15H26N2O/c1-11-9-14(18-5)12(2)8-13(11)6-7-17-15(3,4)10-16/h8-9,17H,6-7,10,16H2,1-5H3. The van der Waals surface area contributed by atoms with Crippen molar-refractivity contribution in [1.29, 1.82) is 0 Å². The van der Waals surface area contributed by atoms with Crippen molar-refractivity contribution in [3.05, 3.63) is 28.8 Å². The molecule has 0 spiro atoms. The summed E-state index contributed by atoms with van der Waals surface area (Å²) in [5, 5.41) is 3.48. The molecule has 0 saturated carbocycles. The Labute approximate surface area is 111 Å². The van der Waals surface area contributed by atoms with Crippen molar-refractivity contribution in [2.24, 2.45) is 5.73 Å². The third-order valence-corrected chi connectivity index (χ3v) is 3.36. The summed E-state index contributed by atoms with van der Waals surface area (Å²) in [7, 11) is 1.72. The minimum absolute atomic E-state index is 0.00935. The summed E-state index contributed by atoms with van der Waals surface area (Å²) < 4.78 is 5.32. The van der Waals surface area contributed by atoms with Crippen LogP contribution in [0.25, 0.3) is 0 Å². The van der Waals surface area contributed by atoms with Gasteiger partial charge in [-0.3, -0.25) is 0 Å². The van der Waals surface area contributed by atoms with E-state index in [2.05, 4.69) is 45.1 Å². The predicted octanol–water partition coefficient (Wildman–Crippen LogP) is 2.18. The Morgan fingerprint density at radius 2 is 1.89 bits per heavy atom. The second-order valence-electron chi connectivity index (χ2n) is 5.51. The number of nitrogens with one attached hydrogen (secondary N) is 1. The summed E-state index contributed by atoms with van der Waals surface area (Å²) in [6.45, 7) is 10.0.